The summed E-state index contributed by atoms with van der Waals surface area (Å²) >= 11 is 0. The Morgan fingerprint density at radius 3 is 2.43 bits per heavy atom. The number of hydrogen-bond acceptors (Lipinski definition) is 1. The lowest BCUT2D eigenvalue weighted by Gasteiger charge is -2.20. The molecule has 1 N–H and O–H groups in total. The molecule has 2 aromatic rings. The largest absolute Gasteiger partial charge is 0.310 e. The van der Waals surface area contributed by atoms with Crippen molar-refractivity contribution in [2.24, 2.45) is 0 Å². The van der Waals surface area contributed by atoms with Gasteiger partial charge in [-0.25, -0.2) is 8.78 Å². The standard InChI is InChI=1S/C18H21F2N/c1-3-11-21-17(12-14-9-7-13(2)8-10-14)15-5-4-6-16(19)18(15)20/h4-10,17,21H,3,11-12H2,1-2H3. The minimum Gasteiger partial charge on any atom is -0.310 e. The Morgan fingerprint density at radius 1 is 1.05 bits per heavy atom. The third-order valence-corrected chi connectivity index (χ3v) is 3.56. The van der Waals surface area contributed by atoms with Crippen LogP contribution in [0, 0.1) is 18.6 Å². The molecule has 112 valence electrons. The molecule has 0 bridgehead atoms. The van der Waals surface area contributed by atoms with Crippen molar-refractivity contribution in [1.29, 1.82) is 0 Å². The van der Waals surface area contributed by atoms with Gasteiger partial charge < -0.3 is 5.32 Å². The summed E-state index contributed by atoms with van der Waals surface area (Å²) in [6, 6.07) is 12.3. The average Bonchev–Trinajstić information content (AvgIpc) is 2.48. The van der Waals surface area contributed by atoms with Crippen LogP contribution in [-0.2, 0) is 6.42 Å². The van der Waals surface area contributed by atoms with Gasteiger partial charge in [-0.3, -0.25) is 0 Å². The molecular formula is C18H21F2N. The van der Waals surface area contributed by atoms with E-state index in [0.717, 1.165) is 24.6 Å². The van der Waals surface area contributed by atoms with Crippen LogP contribution >= 0.6 is 0 Å². The molecule has 0 saturated heterocycles. The first-order chi connectivity index (χ1) is 10.1. The first kappa shape index (κ1) is 15.6. The summed E-state index contributed by atoms with van der Waals surface area (Å²) in [5.41, 5.74) is 2.69. The molecule has 2 rings (SSSR count). The molecular weight excluding hydrogens is 268 g/mol. The van der Waals surface area contributed by atoms with Crippen LogP contribution in [0.15, 0.2) is 42.5 Å². The predicted octanol–water partition coefficient (Wildman–Crippen LogP) is 4.56. The fourth-order valence-electron chi connectivity index (χ4n) is 2.36. The van der Waals surface area contributed by atoms with E-state index in [-0.39, 0.29) is 6.04 Å². The highest BCUT2D eigenvalue weighted by atomic mass is 19.2. The summed E-state index contributed by atoms with van der Waals surface area (Å²) < 4.78 is 27.5. The summed E-state index contributed by atoms with van der Waals surface area (Å²) in [4.78, 5) is 0. The fraction of sp³-hybridized carbons (Fsp3) is 0.333. The van der Waals surface area contributed by atoms with E-state index >= 15 is 0 Å². The van der Waals surface area contributed by atoms with E-state index in [1.165, 1.54) is 5.56 Å². The molecule has 1 unspecified atom stereocenters. The molecule has 0 heterocycles. The number of aryl methyl sites for hydroxylation is 1. The SMILES string of the molecule is CCCNC(Cc1ccc(C)cc1)c1cccc(F)c1F. The van der Waals surface area contributed by atoms with Crippen molar-refractivity contribution in [3.05, 3.63) is 70.8 Å². The van der Waals surface area contributed by atoms with Gasteiger partial charge in [0.1, 0.15) is 0 Å². The van der Waals surface area contributed by atoms with Crippen molar-refractivity contribution >= 4 is 0 Å². The van der Waals surface area contributed by atoms with Crippen molar-refractivity contribution in [3.63, 3.8) is 0 Å². The second-order valence-electron chi connectivity index (χ2n) is 5.34. The van der Waals surface area contributed by atoms with Crippen LogP contribution < -0.4 is 5.32 Å². The zero-order valence-corrected chi connectivity index (χ0v) is 12.5. The van der Waals surface area contributed by atoms with Gasteiger partial charge in [-0.2, -0.15) is 0 Å². The molecule has 0 aliphatic heterocycles. The summed E-state index contributed by atoms with van der Waals surface area (Å²) in [7, 11) is 0. The minimum absolute atomic E-state index is 0.219. The molecule has 21 heavy (non-hydrogen) atoms. The van der Waals surface area contributed by atoms with Crippen LogP contribution in [0.25, 0.3) is 0 Å². The molecule has 0 saturated carbocycles. The third kappa shape index (κ3) is 4.11. The molecule has 0 aromatic heterocycles. The van der Waals surface area contributed by atoms with Gasteiger partial charge in [0.2, 0.25) is 0 Å². The number of rotatable bonds is 6. The van der Waals surface area contributed by atoms with Crippen molar-refractivity contribution in [2.75, 3.05) is 6.54 Å². The molecule has 0 amide bonds. The molecule has 0 aliphatic rings. The van der Waals surface area contributed by atoms with Crippen LogP contribution in [0.5, 0.6) is 0 Å². The van der Waals surface area contributed by atoms with Gasteiger partial charge in [-0.05, 0) is 37.9 Å². The molecule has 0 aliphatic carbocycles. The van der Waals surface area contributed by atoms with Crippen molar-refractivity contribution < 1.29 is 8.78 Å². The van der Waals surface area contributed by atoms with Gasteiger partial charge in [0.05, 0.1) is 0 Å². The molecule has 3 heteroatoms. The van der Waals surface area contributed by atoms with Gasteiger partial charge in [0, 0.05) is 11.6 Å². The Labute approximate surface area is 125 Å². The first-order valence-corrected chi connectivity index (χ1v) is 7.34. The maximum Gasteiger partial charge on any atom is 0.163 e. The van der Waals surface area contributed by atoms with Crippen molar-refractivity contribution in [1.82, 2.24) is 5.32 Å². The maximum atomic E-state index is 14.0. The zero-order chi connectivity index (χ0) is 15.2. The molecule has 0 spiro atoms. The number of halogens is 2. The van der Waals surface area contributed by atoms with Crippen LogP contribution in [0.4, 0.5) is 8.78 Å². The molecule has 2 aromatic carbocycles. The Bertz CT molecular complexity index is 578. The van der Waals surface area contributed by atoms with E-state index in [2.05, 4.69) is 12.2 Å². The van der Waals surface area contributed by atoms with E-state index < -0.39 is 11.6 Å². The van der Waals surface area contributed by atoms with Crippen molar-refractivity contribution in [2.45, 2.75) is 32.7 Å². The number of benzene rings is 2. The predicted molar refractivity (Wildman–Crippen MR) is 82.3 cm³/mol. The lowest BCUT2D eigenvalue weighted by Crippen LogP contribution is -2.25. The number of nitrogens with one attached hydrogen (secondary N) is 1. The summed E-state index contributed by atoms with van der Waals surface area (Å²) in [6.45, 7) is 4.85. The monoisotopic (exact) mass is 289 g/mol. The van der Waals surface area contributed by atoms with Gasteiger partial charge >= 0.3 is 0 Å². The summed E-state index contributed by atoms with van der Waals surface area (Å²) in [6.07, 6.45) is 1.59. The second-order valence-corrected chi connectivity index (χ2v) is 5.34. The first-order valence-electron chi connectivity index (χ1n) is 7.34. The maximum absolute atomic E-state index is 14.0. The minimum atomic E-state index is -0.792. The summed E-state index contributed by atoms with van der Waals surface area (Å²) in [5.74, 6) is -1.54. The van der Waals surface area contributed by atoms with Gasteiger partial charge in [0.25, 0.3) is 0 Å². The van der Waals surface area contributed by atoms with Crippen LogP contribution in [0.2, 0.25) is 0 Å². The van der Waals surface area contributed by atoms with Gasteiger partial charge in [-0.15, -0.1) is 0 Å². The van der Waals surface area contributed by atoms with Gasteiger partial charge in [0.15, 0.2) is 11.6 Å². The molecule has 1 atom stereocenters. The molecule has 1 nitrogen and oxygen atoms in total. The summed E-state index contributed by atoms with van der Waals surface area (Å²) in [5, 5.41) is 3.31. The van der Waals surface area contributed by atoms with Crippen LogP contribution in [-0.4, -0.2) is 6.54 Å². The Kier molecular flexibility index (Phi) is 5.45. The second kappa shape index (κ2) is 7.32. The van der Waals surface area contributed by atoms with E-state index in [1.807, 2.05) is 31.2 Å². The lowest BCUT2D eigenvalue weighted by atomic mass is 9.97. The fourth-order valence-corrected chi connectivity index (χ4v) is 2.36. The molecule has 0 fully saturated rings. The van der Waals surface area contributed by atoms with Crippen molar-refractivity contribution in [3.8, 4) is 0 Å². The Balaban J connectivity index is 2.25. The van der Waals surface area contributed by atoms with E-state index in [9.17, 15) is 8.78 Å². The van der Waals surface area contributed by atoms with E-state index in [0.29, 0.717) is 12.0 Å². The van der Waals surface area contributed by atoms with Crippen LogP contribution in [0.1, 0.15) is 36.1 Å². The Hall–Kier alpha value is -1.74. The normalized spacial score (nSPS) is 12.4. The van der Waals surface area contributed by atoms with E-state index in [1.54, 1.807) is 12.1 Å². The zero-order valence-electron chi connectivity index (χ0n) is 12.5. The Morgan fingerprint density at radius 2 is 1.76 bits per heavy atom. The topological polar surface area (TPSA) is 12.0 Å². The average molecular weight is 289 g/mol. The highest BCUT2D eigenvalue weighted by Crippen LogP contribution is 2.23. The van der Waals surface area contributed by atoms with Crippen LogP contribution in [0.3, 0.4) is 0 Å². The number of hydrogen-bond donors (Lipinski definition) is 1. The lowest BCUT2D eigenvalue weighted by molar-refractivity contribution is 0.459. The quantitative estimate of drug-likeness (QED) is 0.822. The smallest absolute Gasteiger partial charge is 0.163 e. The molecule has 0 radical (unpaired) electrons. The van der Waals surface area contributed by atoms with Gasteiger partial charge in [-0.1, -0.05) is 48.9 Å². The third-order valence-electron chi connectivity index (χ3n) is 3.56. The highest BCUT2D eigenvalue weighted by molar-refractivity contribution is 5.27. The highest BCUT2D eigenvalue weighted by Gasteiger charge is 2.18. The van der Waals surface area contributed by atoms with E-state index in [4.69, 9.17) is 0 Å².